The first-order valence-electron chi connectivity index (χ1n) is 28.0. The van der Waals surface area contributed by atoms with Gasteiger partial charge in [0, 0.05) is 78.8 Å². The van der Waals surface area contributed by atoms with E-state index in [2.05, 4.69) is 252 Å². The summed E-state index contributed by atoms with van der Waals surface area (Å²) in [4.78, 5) is 15.9. The lowest BCUT2D eigenvalue weighted by atomic mass is 9.87. The highest BCUT2D eigenvalue weighted by Crippen LogP contribution is 2.48. The van der Waals surface area contributed by atoms with Crippen LogP contribution in [-0.4, -0.2) is 24.1 Å². The van der Waals surface area contributed by atoms with Crippen LogP contribution in [-0.2, 0) is 6.42 Å². The quantitative estimate of drug-likeness (QED) is 0.0958. The van der Waals surface area contributed by atoms with Crippen molar-refractivity contribution in [3.63, 3.8) is 0 Å². The molecule has 0 aliphatic heterocycles. The van der Waals surface area contributed by atoms with Gasteiger partial charge in [-0.3, -0.25) is 0 Å². The van der Waals surface area contributed by atoms with Crippen LogP contribution in [0.4, 0.5) is 0 Å². The van der Waals surface area contributed by atoms with Crippen LogP contribution in [0, 0.1) is 11.8 Å². The molecule has 1 unspecified atom stereocenters. The molecule has 0 fully saturated rings. The number of fused-ring (bicyclic) bond motifs is 7. The van der Waals surface area contributed by atoms with E-state index in [0.717, 1.165) is 87.0 Å². The normalized spacial score (nSPS) is 14.6. The zero-order chi connectivity index (χ0) is 53.8. The minimum absolute atomic E-state index is 0.0513. The van der Waals surface area contributed by atoms with E-state index in [4.69, 9.17) is 15.0 Å². The number of nitrogens with zero attached hydrogens (tertiary/aromatic N) is 5. The fraction of sp³-hybridized carbons (Fsp3) is 0.0658. The van der Waals surface area contributed by atoms with Crippen LogP contribution >= 0.6 is 0 Å². The first kappa shape index (κ1) is 47.8. The maximum absolute atomic E-state index is 5.39. The van der Waals surface area contributed by atoms with Crippen LogP contribution in [0.1, 0.15) is 58.7 Å². The fourth-order valence-electron chi connectivity index (χ4n) is 12.7. The molecule has 0 bridgehead atoms. The van der Waals surface area contributed by atoms with Crippen LogP contribution in [0.15, 0.2) is 255 Å². The van der Waals surface area contributed by atoms with E-state index >= 15 is 0 Å². The minimum Gasteiger partial charge on any atom is -0.313 e. The molecule has 0 N–H and O–H groups in total. The molecule has 81 heavy (non-hydrogen) atoms. The molecule has 5 nitrogen and oxygen atoms in total. The average Bonchev–Trinajstić information content (AvgIpc) is 4.37. The van der Waals surface area contributed by atoms with Crippen molar-refractivity contribution in [2.75, 3.05) is 0 Å². The van der Waals surface area contributed by atoms with Crippen LogP contribution in [0.2, 0.25) is 0 Å². The Balaban J connectivity index is 0.994. The lowest BCUT2D eigenvalue weighted by Crippen LogP contribution is -2.11. The predicted octanol–water partition coefficient (Wildman–Crippen LogP) is 18.7. The van der Waals surface area contributed by atoms with Crippen molar-refractivity contribution >= 4 is 56.1 Å². The monoisotopic (exact) mass is 1040 g/mol. The highest BCUT2D eigenvalue weighted by atomic mass is 15.0. The number of rotatable bonds is 11. The van der Waals surface area contributed by atoms with E-state index in [1.807, 2.05) is 30.3 Å². The van der Waals surface area contributed by atoms with Crippen LogP contribution in [0.25, 0.3) is 118 Å². The Labute approximate surface area is 471 Å². The van der Waals surface area contributed by atoms with Crippen LogP contribution < -0.4 is 0 Å². The van der Waals surface area contributed by atoms with Gasteiger partial charge in [-0.15, -0.1) is 0 Å². The van der Waals surface area contributed by atoms with E-state index in [0.29, 0.717) is 17.5 Å². The topological polar surface area (TPSA) is 48.5 Å². The van der Waals surface area contributed by atoms with Crippen molar-refractivity contribution in [1.82, 2.24) is 24.1 Å². The minimum atomic E-state index is 0.0513. The van der Waals surface area contributed by atoms with Crippen molar-refractivity contribution in [3.8, 4) is 73.9 Å². The summed E-state index contributed by atoms with van der Waals surface area (Å²) in [6, 6.07) is 78.5. The van der Waals surface area contributed by atoms with Gasteiger partial charge >= 0.3 is 0 Å². The summed E-state index contributed by atoms with van der Waals surface area (Å²) < 4.78 is 5.10. The summed E-state index contributed by atoms with van der Waals surface area (Å²) in [5, 5.41) is 3.73. The van der Waals surface area contributed by atoms with Gasteiger partial charge in [-0.1, -0.05) is 231 Å². The number of allylic oxidation sites excluding steroid dienone is 7. The summed E-state index contributed by atoms with van der Waals surface area (Å²) in [7, 11) is 0. The van der Waals surface area contributed by atoms with Gasteiger partial charge in [0.05, 0.1) is 22.2 Å². The van der Waals surface area contributed by atoms with E-state index in [1.54, 1.807) is 0 Å². The van der Waals surface area contributed by atoms with Crippen molar-refractivity contribution in [2.45, 2.75) is 31.6 Å². The van der Waals surface area contributed by atoms with Crippen molar-refractivity contribution in [3.05, 3.63) is 288 Å². The van der Waals surface area contributed by atoms with Gasteiger partial charge in [-0.2, -0.15) is 0 Å². The Bertz CT molecular complexity index is 4640. The Morgan fingerprint density at radius 2 is 1.07 bits per heavy atom. The molecule has 3 heterocycles. The summed E-state index contributed by atoms with van der Waals surface area (Å²) in [6.45, 7) is 4.04. The van der Waals surface area contributed by atoms with E-state index in [-0.39, 0.29) is 5.92 Å². The highest BCUT2D eigenvalue weighted by Gasteiger charge is 2.31. The molecule has 0 saturated heterocycles. The fourth-order valence-corrected chi connectivity index (χ4v) is 12.7. The van der Waals surface area contributed by atoms with Gasteiger partial charge in [-0.25, -0.2) is 15.0 Å². The third-order valence-corrected chi connectivity index (χ3v) is 16.4. The smallest absolute Gasteiger partial charge is 0.164 e. The van der Waals surface area contributed by atoms with Crippen LogP contribution in [0.5, 0.6) is 0 Å². The number of aromatic nitrogens is 5. The number of hydrogen-bond acceptors (Lipinski definition) is 3. The lowest BCUT2D eigenvalue weighted by molar-refractivity contribution is 0.873. The Hall–Kier alpha value is -10.4. The number of benzene rings is 9. The molecule has 0 spiro atoms. The molecular weight excluding hydrogens is 983 g/mol. The molecule has 3 aliphatic rings. The first-order valence-corrected chi connectivity index (χ1v) is 28.0. The lowest BCUT2D eigenvalue weighted by Gasteiger charge is -2.24. The first-order chi connectivity index (χ1) is 40.1. The predicted molar refractivity (Wildman–Crippen MR) is 336 cm³/mol. The molecule has 0 amide bonds. The van der Waals surface area contributed by atoms with Crippen molar-refractivity contribution in [1.29, 1.82) is 0 Å². The second-order valence-corrected chi connectivity index (χ2v) is 21.1. The Kier molecular flexibility index (Phi) is 11.9. The molecule has 382 valence electrons. The zero-order valence-corrected chi connectivity index (χ0v) is 44.6. The Morgan fingerprint density at radius 1 is 0.494 bits per heavy atom. The molecular formula is C76H53N5. The molecule has 9 aromatic carbocycles. The molecule has 0 radical (unpaired) electrons. The molecule has 3 aliphatic carbocycles. The van der Waals surface area contributed by atoms with E-state index < -0.39 is 0 Å². The average molecular weight is 1040 g/mol. The summed E-state index contributed by atoms with van der Waals surface area (Å²) in [5.41, 5.74) is 22.7. The number of hydrogen-bond donors (Lipinski definition) is 0. The number of para-hydroxylation sites is 2. The van der Waals surface area contributed by atoms with Gasteiger partial charge < -0.3 is 9.13 Å². The van der Waals surface area contributed by atoms with Crippen molar-refractivity contribution < 1.29 is 0 Å². The third kappa shape index (κ3) is 8.40. The largest absolute Gasteiger partial charge is 0.313 e. The third-order valence-electron chi connectivity index (χ3n) is 16.4. The van der Waals surface area contributed by atoms with Gasteiger partial charge in [0.2, 0.25) is 0 Å². The van der Waals surface area contributed by atoms with Gasteiger partial charge in [0.1, 0.15) is 0 Å². The maximum Gasteiger partial charge on any atom is 0.164 e. The molecule has 0 saturated carbocycles. The van der Waals surface area contributed by atoms with E-state index in [9.17, 15) is 0 Å². The summed E-state index contributed by atoms with van der Waals surface area (Å²) >= 11 is 0. The zero-order valence-electron chi connectivity index (χ0n) is 44.6. The standard InChI is InChI=1S/C76H53N5/c1-2-3-22-57-45-56-31-16-17-32-61(56)72(57)58-41-43-70-66(46-58)67-49-60(80-68-35-20-18-33-62(68)63-34-19-21-36-69(63)80)42-44-71(67)81(70)73-64(52-25-10-5-11-26-52)47-59(48-65(73)53-27-12-6-13-28-53)76-78-74(54-29-14-7-15-30-54)77-75(79-76)55-39-37-51(38-40-55)50-23-8-4-9-24-50/h2-5,7-11,14-27,29-41,43,45-49,72H,1,6,12,42,44H2/b22-3-. The van der Waals surface area contributed by atoms with Gasteiger partial charge in [0.15, 0.2) is 17.5 Å². The van der Waals surface area contributed by atoms with Crippen molar-refractivity contribution in [2.24, 2.45) is 0 Å². The molecule has 15 rings (SSSR count). The molecule has 5 heteroatoms. The SMILES string of the molecule is C=C/C=C\C1=Cc2ccccc2C1c1ccc2c(c1)c1c(n2-c2c(C3=CCCC#C3)cc(-c3nc(-c4ccccc4)nc(-c4ccc(-c5ccccc5)cc4)n3)cc2-c2ccccc2)CCC(n2c3ccccc3c3ccccc32)=C1. The summed E-state index contributed by atoms with van der Waals surface area (Å²) in [5.74, 6) is 9.05. The van der Waals surface area contributed by atoms with Gasteiger partial charge in [0.25, 0.3) is 0 Å². The van der Waals surface area contributed by atoms with Crippen LogP contribution in [0.3, 0.4) is 0 Å². The molecule has 3 aromatic heterocycles. The highest BCUT2D eigenvalue weighted by molar-refractivity contribution is 6.11. The molecule has 12 aromatic rings. The Morgan fingerprint density at radius 3 is 1.77 bits per heavy atom. The van der Waals surface area contributed by atoms with Gasteiger partial charge in [-0.05, 0) is 101 Å². The second kappa shape index (κ2) is 20.1. The second-order valence-electron chi connectivity index (χ2n) is 21.1. The molecule has 1 atom stereocenters. The maximum atomic E-state index is 5.39. The summed E-state index contributed by atoms with van der Waals surface area (Å²) in [6.07, 6.45) is 16.6. The van der Waals surface area contributed by atoms with E-state index in [1.165, 1.54) is 66.4 Å².